The number of hydrogen-bond acceptors (Lipinski definition) is 6. The molecule has 0 saturated heterocycles. The van der Waals surface area contributed by atoms with Gasteiger partial charge in [-0.1, -0.05) is 0 Å². The summed E-state index contributed by atoms with van der Waals surface area (Å²) in [7, 11) is 0. The van der Waals surface area contributed by atoms with Gasteiger partial charge in [-0.05, 0) is 0 Å². The van der Waals surface area contributed by atoms with Crippen LogP contribution in [0.5, 0.6) is 11.8 Å². The maximum atomic E-state index is 9.31. The lowest BCUT2D eigenvalue weighted by molar-refractivity contribution is 0.447. The molecular weight excluding hydrogens is 184 g/mol. The zero-order valence-corrected chi connectivity index (χ0v) is 6.92. The first-order chi connectivity index (χ1) is 6.77. The number of nitrogens with zero attached hydrogens (tertiary/aromatic N) is 4. The lowest BCUT2D eigenvalue weighted by Gasteiger charge is -1.99. The second kappa shape index (κ2) is 3.25. The standard InChI is InChI=1S/C8H5N4O2/c13-6-4-9-3-5(12-6)7-8(14)11-2-1-10-7/h1-2,4H,(H,11,14)(H,12,13). The zero-order valence-electron chi connectivity index (χ0n) is 6.92. The molecule has 0 aromatic carbocycles. The van der Waals surface area contributed by atoms with Crippen LogP contribution in [0.1, 0.15) is 0 Å². The minimum Gasteiger partial charge on any atom is -0.492 e. The van der Waals surface area contributed by atoms with Crippen LogP contribution in [0.15, 0.2) is 18.6 Å². The molecule has 0 atom stereocenters. The second-order valence-electron chi connectivity index (χ2n) is 2.42. The average Bonchev–Trinajstić information content (AvgIpc) is 2.18. The Kier molecular flexibility index (Phi) is 1.94. The third-order valence-corrected chi connectivity index (χ3v) is 1.48. The molecule has 2 aromatic rings. The molecule has 0 unspecified atom stereocenters. The van der Waals surface area contributed by atoms with Crippen molar-refractivity contribution in [3.63, 3.8) is 0 Å². The van der Waals surface area contributed by atoms with Crippen LogP contribution in [-0.2, 0) is 0 Å². The van der Waals surface area contributed by atoms with E-state index in [9.17, 15) is 5.11 Å². The molecule has 0 saturated carbocycles. The van der Waals surface area contributed by atoms with E-state index < -0.39 is 0 Å². The Hall–Kier alpha value is -2.24. The Balaban J connectivity index is 2.55. The van der Waals surface area contributed by atoms with Crippen molar-refractivity contribution in [2.24, 2.45) is 0 Å². The Labute approximate surface area is 79.0 Å². The largest absolute Gasteiger partial charge is 0.492 e. The van der Waals surface area contributed by atoms with E-state index in [1.807, 2.05) is 0 Å². The fourth-order valence-electron chi connectivity index (χ4n) is 0.923. The summed E-state index contributed by atoms with van der Waals surface area (Å²) in [5.74, 6) is -0.535. The van der Waals surface area contributed by atoms with Crippen LogP contribution < -0.4 is 0 Å². The first-order valence-electron chi connectivity index (χ1n) is 3.71. The third-order valence-electron chi connectivity index (χ3n) is 1.48. The van der Waals surface area contributed by atoms with E-state index in [0.717, 1.165) is 6.20 Å². The zero-order chi connectivity index (χ0) is 9.97. The summed E-state index contributed by atoms with van der Waals surface area (Å²) in [6.45, 7) is 0. The maximum absolute atomic E-state index is 9.31. The summed E-state index contributed by atoms with van der Waals surface area (Å²) in [5.41, 5.74) is 0.284. The molecule has 0 aliphatic carbocycles. The van der Waals surface area contributed by atoms with Gasteiger partial charge in [0.05, 0.1) is 6.20 Å². The Morgan fingerprint density at radius 1 is 1.14 bits per heavy atom. The van der Waals surface area contributed by atoms with Gasteiger partial charge in [-0.2, -0.15) is 0 Å². The van der Waals surface area contributed by atoms with Crippen molar-refractivity contribution in [1.82, 2.24) is 19.9 Å². The van der Waals surface area contributed by atoms with Gasteiger partial charge in [0.2, 0.25) is 11.8 Å². The Bertz CT molecular complexity index is 461. The summed E-state index contributed by atoms with van der Waals surface area (Å²) in [4.78, 5) is 14.7. The Morgan fingerprint density at radius 2 is 1.93 bits per heavy atom. The summed E-state index contributed by atoms with van der Waals surface area (Å²) in [5, 5.41) is 18.4. The molecule has 0 amide bonds. The van der Waals surface area contributed by atoms with E-state index in [1.54, 1.807) is 0 Å². The van der Waals surface area contributed by atoms with Crippen molar-refractivity contribution in [2.75, 3.05) is 0 Å². The van der Waals surface area contributed by atoms with Crippen LogP contribution in [-0.4, -0.2) is 30.1 Å². The van der Waals surface area contributed by atoms with Gasteiger partial charge in [-0.3, -0.25) is 0 Å². The highest BCUT2D eigenvalue weighted by molar-refractivity contribution is 5.57. The SMILES string of the molecule is Oc1cn[c]c(-c2nccnc2O)n1. The van der Waals surface area contributed by atoms with Crippen LogP contribution in [0.2, 0.25) is 0 Å². The van der Waals surface area contributed by atoms with E-state index in [1.165, 1.54) is 12.4 Å². The number of rotatable bonds is 1. The first kappa shape index (κ1) is 8.36. The molecule has 0 bridgehead atoms. The topological polar surface area (TPSA) is 92.0 Å². The van der Waals surface area contributed by atoms with E-state index >= 15 is 0 Å². The normalized spacial score (nSPS) is 10.0. The highest BCUT2D eigenvalue weighted by Crippen LogP contribution is 2.21. The van der Waals surface area contributed by atoms with Gasteiger partial charge in [-0.15, -0.1) is 0 Å². The average molecular weight is 189 g/mol. The van der Waals surface area contributed by atoms with Gasteiger partial charge in [0.15, 0.2) is 5.69 Å². The van der Waals surface area contributed by atoms with Gasteiger partial charge in [-0.25, -0.2) is 19.9 Å². The van der Waals surface area contributed by atoms with Crippen molar-refractivity contribution < 1.29 is 10.2 Å². The molecule has 6 heteroatoms. The van der Waals surface area contributed by atoms with Gasteiger partial charge in [0, 0.05) is 12.4 Å². The first-order valence-corrected chi connectivity index (χ1v) is 3.71. The van der Waals surface area contributed by atoms with Crippen molar-refractivity contribution in [1.29, 1.82) is 0 Å². The molecule has 2 rings (SSSR count). The molecule has 0 aliphatic heterocycles. The number of aromatic nitrogens is 4. The molecule has 0 spiro atoms. The van der Waals surface area contributed by atoms with Crippen LogP contribution in [0.4, 0.5) is 0 Å². The number of hydrogen-bond donors (Lipinski definition) is 2. The molecule has 0 aliphatic rings. The third kappa shape index (κ3) is 1.45. The highest BCUT2D eigenvalue weighted by Gasteiger charge is 2.09. The molecule has 2 aromatic heterocycles. The predicted molar refractivity (Wildman–Crippen MR) is 45.2 cm³/mol. The van der Waals surface area contributed by atoms with Crippen LogP contribution >= 0.6 is 0 Å². The minimum atomic E-state index is -0.274. The Morgan fingerprint density at radius 3 is 2.64 bits per heavy atom. The lowest BCUT2D eigenvalue weighted by Crippen LogP contribution is -1.91. The fraction of sp³-hybridized carbons (Fsp3) is 0. The van der Waals surface area contributed by atoms with Crippen LogP contribution in [0, 0.1) is 6.20 Å². The van der Waals surface area contributed by atoms with E-state index in [2.05, 4.69) is 26.1 Å². The molecule has 0 fully saturated rings. The van der Waals surface area contributed by atoms with E-state index in [4.69, 9.17) is 5.11 Å². The maximum Gasteiger partial charge on any atom is 0.239 e. The van der Waals surface area contributed by atoms with E-state index in [-0.39, 0.29) is 23.1 Å². The van der Waals surface area contributed by atoms with Gasteiger partial charge in [0.1, 0.15) is 11.9 Å². The van der Waals surface area contributed by atoms with Crippen molar-refractivity contribution in [3.05, 3.63) is 24.8 Å². The summed E-state index contributed by atoms with van der Waals surface area (Å²) in [6.07, 6.45) is 6.36. The fourth-order valence-corrected chi connectivity index (χ4v) is 0.923. The molecule has 1 radical (unpaired) electrons. The molecule has 6 nitrogen and oxygen atoms in total. The monoisotopic (exact) mass is 189 g/mol. The molecule has 2 heterocycles. The highest BCUT2D eigenvalue weighted by atomic mass is 16.3. The quantitative estimate of drug-likeness (QED) is 0.663. The van der Waals surface area contributed by atoms with Crippen LogP contribution in [0.3, 0.4) is 0 Å². The molecule has 14 heavy (non-hydrogen) atoms. The van der Waals surface area contributed by atoms with Gasteiger partial charge < -0.3 is 10.2 Å². The number of aromatic hydroxyl groups is 2. The lowest BCUT2D eigenvalue weighted by atomic mass is 10.3. The van der Waals surface area contributed by atoms with Gasteiger partial charge >= 0.3 is 0 Å². The molecule has 2 N–H and O–H groups in total. The van der Waals surface area contributed by atoms with Crippen molar-refractivity contribution in [2.45, 2.75) is 0 Å². The van der Waals surface area contributed by atoms with Crippen LogP contribution in [0.25, 0.3) is 11.4 Å². The van der Waals surface area contributed by atoms with E-state index in [0.29, 0.717) is 0 Å². The predicted octanol–water partition coefficient (Wildman–Crippen LogP) is 0.145. The molecule has 69 valence electrons. The second-order valence-corrected chi connectivity index (χ2v) is 2.42. The summed E-state index contributed by atoms with van der Waals surface area (Å²) in [6, 6.07) is 0. The van der Waals surface area contributed by atoms with Gasteiger partial charge in [0.25, 0.3) is 0 Å². The minimum absolute atomic E-state index is 0.135. The molecular formula is C8H5N4O2. The summed E-state index contributed by atoms with van der Waals surface area (Å²) < 4.78 is 0. The van der Waals surface area contributed by atoms with Crippen molar-refractivity contribution >= 4 is 0 Å². The van der Waals surface area contributed by atoms with Crippen molar-refractivity contribution in [3.8, 4) is 23.1 Å². The summed E-state index contributed by atoms with van der Waals surface area (Å²) >= 11 is 0. The smallest absolute Gasteiger partial charge is 0.239 e.